The van der Waals surface area contributed by atoms with Crippen LogP contribution in [0.4, 0.5) is 0 Å². The van der Waals surface area contributed by atoms with Gasteiger partial charge < -0.3 is 19.7 Å². The van der Waals surface area contributed by atoms with Crippen molar-refractivity contribution in [3.05, 3.63) is 90.4 Å². The fourth-order valence-corrected chi connectivity index (χ4v) is 4.83. The Bertz CT molecular complexity index is 1250. The van der Waals surface area contributed by atoms with E-state index in [1.54, 1.807) is 11.8 Å². The van der Waals surface area contributed by atoms with E-state index in [2.05, 4.69) is 95.8 Å². The molecule has 0 radical (unpaired) electrons. The summed E-state index contributed by atoms with van der Waals surface area (Å²) in [7, 11) is 2.82. The van der Waals surface area contributed by atoms with Crippen LogP contribution in [0.5, 0.6) is 5.75 Å². The molecule has 1 aromatic rings. The Kier molecular flexibility index (Phi) is 13.3. The molecule has 42 heavy (non-hydrogen) atoms. The maximum Gasteiger partial charge on any atom is 0.182 e. The number of allylic oxidation sites excluding steroid dienone is 2. The molecule has 1 aromatic carbocycles. The molecule has 0 spiro atoms. The molecular weight excluding hydrogens is 557 g/mol. The van der Waals surface area contributed by atoms with E-state index in [1.807, 2.05) is 46.9 Å². The first kappa shape index (κ1) is 35.5. The summed E-state index contributed by atoms with van der Waals surface area (Å²) in [6.07, 6.45) is 7.76. The van der Waals surface area contributed by atoms with Crippen molar-refractivity contribution in [2.75, 3.05) is 19.6 Å². The zero-order valence-electron chi connectivity index (χ0n) is 27.1. The number of likely N-dealkylation sites (tertiary alicyclic amines) is 1. The van der Waals surface area contributed by atoms with Gasteiger partial charge in [-0.25, -0.2) is 0 Å². The second-order valence-electron chi connectivity index (χ2n) is 12.3. The van der Waals surface area contributed by atoms with Gasteiger partial charge in [0.25, 0.3) is 0 Å². The number of nitrogens with one attached hydrogen (secondary N) is 1. The lowest BCUT2D eigenvalue weighted by Gasteiger charge is -2.37. The van der Waals surface area contributed by atoms with Gasteiger partial charge in [0.1, 0.15) is 17.5 Å². The average molecular weight is 610 g/mol. The Morgan fingerprint density at radius 1 is 1.14 bits per heavy atom. The normalized spacial score (nSPS) is 17.0. The second-order valence-corrected chi connectivity index (χ2v) is 15.1. The summed E-state index contributed by atoms with van der Waals surface area (Å²) in [5.41, 5.74) is 4.46. The third-order valence-corrected chi connectivity index (χ3v) is 8.31. The maximum atomic E-state index is 6.60. The highest BCUT2D eigenvalue weighted by atomic mass is 32.2. The number of piperidine rings is 1. The smallest absolute Gasteiger partial charge is 0.182 e. The molecule has 5 nitrogen and oxygen atoms in total. The Hall–Kier alpha value is -2.69. The Labute approximate surface area is 262 Å². The van der Waals surface area contributed by atoms with Crippen LogP contribution in [0.3, 0.4) is 0 Å². The number of thioether (sulfide) groups is 1. The molecule has 0 aromatic heterocycles. The summed E-state index contributed by atoms with van der Waals surface area (Å²) in [6, 6.07) is 6.24. The van der Waals surface area contributed by atoms with Crippen molar-refractivity contribution in [3.63, 3.8) is 0 Å². The van der Waals surface area contributed by atoms with Crippen molar-refractivity contribution in [2.24, 2.45) is 4.99 Å². The standard InChI is InChI=1S/C35H52N3O2PS/c1-13-24(3)42-26(5)31-18-30(25(4)36-21-29(14-2)22-37-27(6)35(11,12)41)19-33(20-31)39-32-16-15-17-38(23-32)28(7)40-34(8,9)10/h13-14,18-20,22,32,36H,2,4-5,7,15-17,21,23,41H2,1,3,6,8-12H3/b24-13-,29-22+,37-27?. The van der Waals surface area contributed by atoms with Gasteiger partial charge in [-0.05, 0) is 95.2 Å². The highest BCUT2D eigenvalue weighted by molar-refractivity contribution is 8.11. The Morgan fingerprint density at radius 3 is 2.40 bits per heavy atom. The van der Waals surface area contributed by atoms with Crippen LogP contribution < -0.4 is 10.1 Å². The first-order valence-electron chi connectivity index (χ1n) is 14.6. The second kappa shape index (κ2) is 15.7. The molecule has 2 rings (SSSR count). The van der Waals surface area contributed by atoms with E-state index in [1.165, 1.54) is 4.91 Å². The first-order chi connectivity index (χ1) is 19.5. The quantitative estimate of drug-likeness (QED) is 0.0986. The van der Waals surface area contributed by atoms with Crippen LogP contribution in [-0.2, 0) is 4.74 Å². The molecule has 0 amide bonds. The number of hydrogen-bond donors (Lipinski definition) is 1. The molecule has 1 aliphatic rings. The van der Waals surface area contributed by atoms with Gasteiger partial charge in [-0.15, -0.1) is 9.24 Å². The van der Waals surface area contributed by atoms with Crippen molar-refractivity contribution in [2.45, 2.75) is 85.1 Å². The van der Waals surface area contributed by atoms with Gasteiger partial charge >= 0.3 is 0 Å². The minimum absolute atomic E-state index is 0.0129. The first-order valence-corrected chi connectivity index (χ1v) is 15.9. The van der Waals surface area contributed by atoms with Gasteiger partial charge in [-0.1, -0.05) is 57.5 Å². The minimum atomic E-state index is -0.290. The summed E-state index contributed by atoms with van der Waals surface area (Å²) in [4.78, 5) is 8.97. The fraction of sp³-hybridized carbons (Fsp3) is 0.457. The molecule has 0 aliphatic carbocycles. The van der Waals surface area contributed by atoms with Gasteiger partial charge in [0.05, 0.1) is 6.54 Å². The van der Waals surface area contributed by atoms with Crippen LogP contribution in [0.25, 0.3) is 10.6 Å². The van der Waals surface area contributed by atoms with Crippen LogP contribution in [0.15, 0.2) is 84.2 Å². The van der Waals surface area contributed by atoms with E-state index < -0.39 is 0 Å². The van der Waals surface area contributed by atoms with Gasteiger partial charge in [0, 0.05) is 46.3 Å². The molecule has 1 fully saturated rings. The summed E-state index contributed by atoms with van der Waals surface area (Å²) in [5, 5.41) is 3.39. The fourth-order valence-electron chi connectivity index (χ4n) is 4.01. The number of ether oxygens (including phenoxy) is 2. The molecule has 1 aliphatic heterocycles. The predicted molar refractivity (Wildman–Crippen MR) is 190 cm³/mol. The number of rotatable bonds is 14. The highest BCUT2D eigenvalue weighted by Gasteiger charge is 2.25. The van der Waals surface area contributed by atoms with E-state index in [4.69, 9.17) is 9.47 Å². The highest BCUT2D eigenvalue weighted by Crippen LogP contribution is 2.35. The van der Waals surface area contributed by atoms with E-state index in [0.717, 1.165) is 64.7 Å². The van der Waals surface area contributed by atoms with Gasteiger partial charge in [-0.3, -0.25) is 4.99 Å². The SMILES string of the molecule is C=C/C(=C\N=C(C)C(C)(C)P)CNC(=C)c1cc(OC2CCCN(C(=C)OC(C)(C)C)C2)cc(C(=C)S/C(C)=C\C)c1. The van der Waals surface area contributed by atoms with Crippen LogP contribution in [0, 0.1) is 0 Å². The summed E-state index contributed by atoms with van der Waals surface area (Å²) < 4.78 is 12.6. The molecule has 230 valence electrons. The molecule has 7 heteroatoms. The van der Waals surface area contributed by atoms with Crippen LogP contribution in [-0.4, -0.2) is 47.1 Å². The van der Waals surface area contributed by atoms with Crippen molar-refractivity contribution < 1.29 is 9.47 Å². The Balaban J connectivity index is 2.28. The lowest BCUT2D eigenvalue weighted by Crippen LogP contribution is -2.42. The molecule has 2 unspecified atom stereocenters. The van der Waals surface area contributed by atoms with E-state index >= 15 is 0 Å². The molecule has 2 atom stereocenters. The number of nitrogens with zero attached hydrogens (tertiary/aromatic N) is 2. The largest absolute Gasteiger partial charge is 0.489 e. The summed E-state index contributed by atoms with van der Waals surface area (Å²) >= 11 is 1.66. The third kappa shape index (κ3) is 11.9. The molecule has 1 saturated heterocycles. The van der Waals surface area contributed by atoms with Crippen LogP contribution in [0.1, 0.15) is 79.4 Å². The molecule has 0 saturated carbocycles. The monoisotopic (exact) mass is 609 g/mol. The lowest BCUT2D eigenvalue weighted by molar-refractivity contribution is -0.0168. The van der Waals surface area contributed by atoms with Gasteiger partial charge in [-0.2, -0.15) is 0 Å². The topological polar surface area (TPSA) is 46.1 Å². The zero-order valence-corrected chi connectivity index (χ0v) is 29.1. The van der Waals surface area contributed by atoms with Gasteiger partial charge in [0.15, 0.2) is 5.88 Å². The summed E-state index contributed by atoms with van der Waals surface area (Å²) in [5.74, 6) is 1.49. The number of hydrogen-bond acceptors (Lipinski definition) is 6. The number of aliphatic imine (C=N–C) groups is 1. The third-order valence-electron chi connectivity index (χ3n) is 6.85. The summed E-state index contributed by atoms with van der Waals surface area (Å²) in [6.45, 7) is 35.6. The number of benzene rings is 1. The lowest BCUT2D eigenvalue weighted by atomic mass is 10.1. The van der Waals surface area contributed by atoms with Crippen LogP contribution >= 0.6 is 21.0 Å². The maximum absolute atomic E-state index is 6.60. The van der Waals surface area contributed by atoms with Crippen molar-refractivity contribution in [1.82, 2.24) is 10.2 Å². The molecule has 0 bridgehead atoms. The van der Waals surface area contributed by atoms with E-state index in [-0.39, 0.29) is 16.9 Å². The van der Waals surface area contributed by atoms with E-state index in [9.17, 15) is 0 Å². The van der Waals surface area contributed by atoms with Crippen molar-refractivity contribution in [3.8, 4) is 5.75 Å². The minimum Gasteiger partial charge on any atom is -0.489 e. The Morgan fingerprint density at radius 2 is 1.81 bits per heavy atom. The van der Waals surface area contributed by atoms with Gasteiger partial charge in [0.2, 0.25) is 0 Å². The predicted octanol–water partition coefficient (Wildman–Crippen LogP) is 9.19. The van der Waals surface area contributed by atoms with Crippen molar-refractivity contribution in [1.29, 1.82) is 0 Å². The molecule has 1 heterocycles. The molecular formula is C35H52N3O2PS. The van der Waals surface area contributed by atoms with E-state index in [0.29, 0.717) is 12.4 Å². The average Bonchev–Trinajstić information content (AvgIpc) is 2.91. The van der Waals surface area contributed by atoms with Crippen molar-refractivity contribution >= 4 is 37.3 Å². The van der Waals surface area contributed by atoms with Crippen LogP contribution in [0.2, 0.25) is 0 Å². The molecule has 1 N–H and O–H groups in total. The zero-order chi connectivity index (χ0) is 31.7.